The van der Waals surface area contributed by atoms with Gasteiger partial charge in [-0.05, 0) is 69.3 Å². The number of fused-ring (bicyclic) bond motifs is 1. The van der Waals surface area contributed by atoms with Crippen molar-refractivity contribution in [2.45, 2.75) is 75.5 Å². The molecule has 26 heavy (non-hydrogen) atoms. The maximum Gasteiger partial charge on any atom is 0.228 e. The summed E-state index contributed by atoms with van der Waals surface area (Å²) in [5.74, 6) is 1.28. The van der Waals surface area contributed by atoms with Gasteiger partial charge in [-0.25, -0.2) is 0 Å². The zero-order chi connectivity index (χ0) is 18.1. The van der Waals surface area contributed by atoms with Crippen LogP contribution in [-0.2, 0) is 14.3 Å². The van der Waals surface area contributed by atoms with Crippen LogP contribution in [0.2, 0.25) is 0 Å². The molecule has 4 aliphatic rings. The van der Waals surface area contributed by atoms with Crippen LogP contribution in [0.15, 0.2) is 23.8 Å². The lowest BCUT2D eigenvalue weighted by atomic mass is 9.61. The molecule has 0 bridgehead atoms. The van der Waals surface area contributed by atoms with E-state index in [2.05, 4.69) is 23.5 Å². The van der Waals surface area contributed by atoms with Gasteiger partial charge in [-0.2, -0.15) is 0 Å². The second-order valence-electron chi connectivity index (χ2n) is 8.55. The molecule has 0 spiro atoms. The highest BCUT2D eigenvalue weighted by molar-refractivity contribution is 5.88. The molecule has 0 aromatic heterocycles. The Kier molecular flexibility index (Phi) is 5.24. The Morgan fingerprint density at radius 1 is 1.00 bits per heavy atom. The number of carbonyl (C=O) groups is 1. The van der Waals surface area contributed by atoms with E-state index in [1.807, 2.05) is 7.11 Å². The van der Waals surface area contributed by atoms with Crippen LogP contribution < -0.4 is 5.32 Å². The van der Waals surface area contributed by atoms with Crippen LogP contribution in [-0.4, -0.2) is 37.9 Å². The molecule has 4 rings (SSSR count). The van der Waals surface area contributed by atoms with Crippen molar-refractivity contribution in [3.63, 3.8) is 0 Å². The number of carbonyl (C=O) groups excluding carboxylic acids is 1. The van der Waals surface area contributed by atoms with E-state index >= 15 is 0 Å². The molecule has 0 aromatic rings. The highest BCUT2D eigenvalue weighted by Gasteiger charge is 2.57. The summed E-state index contributed by atoms with van der Waals surface area (Å²) in [6.07, 6.45) is 17.5. The molecular formula is C22H33NO3. The van der Waals surface area contributed by atoms with Crippen molar-refractivity contribution in [3.05, 3.63) is 23.8 Å². The molecule has 144 valence electrons. The normalized spacial score (nSPS) is 42.9. The number of nitrogens with one attached hydrogen (secondary N) is 1. The van der Waals surface area contributed by atoms with E-state index in [-0.39, 0.29) is 23.5 Å². The fourth-order valence-electron chi connectivity index (χ4n) is 6.04. The molecule has 2 fully saturated rings. The summed E-state index contributed by atoms with van der Waals surface area (Å²) >= 11 is 0. The van der Waals surface area contributed by atoms with Gasteiger partial charge in [-0.15, -0.1) is 0 Å². The minimum atomic E-state index is -0.171. The van der Waals surface area contributed by atoms with E-state index in [1.54, 1.807) is 7.11 Å². The number of hydrogen-bond donors (Lipinski definition) is 1. The Bertz CT molecular complexity index is 590. The van der Waals surface area contributed by atoms with Crippen LogP contribution in [0.1, 0.15) is 57.8 Å². The number of allylic oxidation sites excluding steroid dienone is 1. The SMILES string of the molecule is COC1C=CC(C2(C3CCC(OC)CC3)NC(=O)C3CCCC=C32)CC1. The Labute approximate surface area is 157 Å². The topological polar surface area (TPSA) is 47.6 Å². The summed E-state index contributed by atoms with van der Waals surface area (Å²) in [4.78, 5) is 12.9. The molecule has 1 N–H and O–H groups in total. The third-order valence-corrected chi connectivity index (χ3v) is 7.42. The fraction of sp³-hybridized carbons (Fsp3) is 0.773. The lowest BCUT2D eigenvalue weighted by molar-refractivity contribution is -0.123. The van der Waals surface area contributed by atoms with Gasteiger partial charge in [0.15, 0.2) is 0 Å². The quantitative estimate of drug-likeness (QED) is 0.777. The fourth-order valence-corrected chi connectivity index (χ4v) is 6.04. The van der Waals surface area contributed by atoms with Crippen LogP contribution in [0.4, 0.5) is 0 Å². The predicted octanol–water partition coefficient (Wildman–Crippen LogP) is 3.77. The highest BCUT2D eigenvalue weighted by atomic mass is 16.5. The molecule has 0 radical (unpaired) electrons. The van der Waals surface area contributed by atoms with Crippen molar-refractivity contribution in [1.82, 2.24) is 5.32 Å². The molecular weight excluding hydrogens is 326 g/mol. The van der Waals surface area contributed by atoms with Crippen molar-refractivity contribution in [3.8, 4) is 0 Å². The maximum atomic E-state index is 12.9. The lowest BCUT2D eigenvalue weighted by Gasteiger charge is -2.48. The van der Waals surface area contributed by atoms with Crippen LogP contribution >= 0.6 is 0 Å². The molecule has 4 heteroatoms. The monoisotopic (exact) mass is 359 g/mol. The first kappa shape index (κ1) is 18.2. The van der Waals surface area contributed by atoms with Crippen molar-refractivity contribution >= 4 is 5.91 Å². The van der Waals surface area contributed by atoms with Crippen molar-refractivity contribution in [2.75, 3.05) is 14.2 Å². The van der Waals surface area contributed by atoms with Crippen molar-refractivity contribution in [2.24, 2.45) is 17.8 Å². The Hall–Kier alpha value is -1.13. The first-order valence-electron chi connectivity index (χ1n) is 10.5. The average Bonchev–Trinajstić information content (AvgIpc) is 3.02. The van der Waals surface area contributed by atoms with Gasteiger partial charge in [0.05, 0.1) is 23.7 Å². The first-order valence-corrected chi connectivity index (χ1v) is 10.5. The minimum Gasteiger partial charge on any atom is -0.381 e. The van der Waals surface area contributed by atoms with Crippen molar-refractivity contribution in [1.29, 1.82) is 0 Å². The number of ether oxygens (including phenoxy) is 2. The van der Waals surface area contributed by atoms with E-state index in [0.717, 1.165) is 57.8 Å². The second kappa shape index (κ2) is 7.47. The summed E-state index contributed by atoms with van der Waals surface area (Å²) in [5, 5.41) is 3.57. The van der Waals surface area contributed by atoms with Gasteiger partial charge in [0.25, 0.3) is 0 Å². The Morgan fingerprint density at radius 2 is 1.81 bits per heavy atom. The minimum absolute atomic E-state index is 0.109. The summed E-state index contributed by atoms with van der Waals surface area (Å²) in [5.41, 5.74) is 1.25. The molecule has 0 aromatic carbocycles. The summed E-state index contributed by atoms with van der Waals surface area (Å²) in [6, 6.07) is 0. The molecule has 1 saturated heterocycles. The second-order valence-corrected chi connectivity index (χ2v) is 8.55. The first-order chi connectivity index (χ1) is 12.7. The number of rotatable bonds is 4. The highest BCUT2D eigenvalue weighted by Crippen LogP contribution is 2.52. The molecule has 4 nitrogen and oxygen atoms in total. The standard InChI is InChI=1S/C22H33NO3/c1-25-17-11-7-15(8-12-17)22(16-9-13-18(26-2)14-10-16)20-6-4-3-5-19(20)21(24)23-22/h6-7,11,15-19H,3-5,8-10,12-14H2,1-2H3,(H,23,24). The van der Waals surface area contributed by atoms with Gasteiger partial charge in [-0.1, -0.05) is 18.2 Å². The molecule has 1 heterocycles. The van der Waals surface area contributed by atoms with Crippen LogP contribution in [0.5, 0.6) is 0 Å². The molecule has 1 aliphatic heterocycles. The van der Waals surface area contributed by atoms with Gasteiger partial charge in [0.2, 0.25) is 5.91 Å². The van der Waals surface area contributed by atoms with E-state index in [4.69, 9.17) is 9.47 Å². The molecule has 4 unspecified atom stereocenters. The Balaban J connectivity index is 1.68. The molecule has 1 amide bonds. The van der Waals surface area contributed by atoms with Gasteiger partial charge >= 0.3 is 0 Å². The van der Waals surface area contributed by atoms with E-state index in [0.29, 0.717) is 17.9 Å². The van der Waals surface area contributed by atoms with Crippen molar-refractivity contribution < 1.29 is 14.3 Å². The predicted molar refractivity (Wildman–Crippen MR) is 102 cm³/mol. The van der Waals surface area contributed by atoms with Gasteiger partial charge in [0, 0.05) is 20.1 Å². The third-order valence-electron chi connectivity index (χ3n) is 7.42. The zero-order valence-electron chi connectivity index (χ0n) is 16.2. The maximum absolute atomic E-state index is 12.9. The van der Waals surface area contributed by atoms with Gasteiger partial charge in [0.1, 0.15) is 0 Å². The third kappa shape index (κ3) is 2.95. The van der Waals surface area contributed by atoms with Crippen LogP contribution in [0.25, 0.3) is 0 Å². The van der Waals surface area contributed by atoms with Crippen LogP contribution in [0.3, 0.4) is 0 Å². The molecule has 3 aliphatic carbocycles. The number of hydrogen-bond acceptors (Lipinski definition) is 3. The van der Waals surface area contributed by atoms with E-state index in [9.17, 15) is 4.79 Å². The average molecular weight is 360 g/mol. The lowest BCUT2D eigenvalue weighted by Crippen LogP contribution is -2.56. The van der Waals surface area contributed by atoms with Gasteiger partial charge < -0.3 is 14.8 Å². The van der Waals surface area contributed by atoms with Gasteiger partial charge in [-0.3, -0.25) is 4.79 Å². The summed E-state index contributed by atoms with van der Waals surface area (Å²) in [6.45, 7) is 0. The zero-order valence-corrected chi connectivity index (χ0v) is 16.2. The molecule has 4 atom stereocenters. The molecule has 1 saturated carbocycles. The number of amides is 1. The van der Waals surface area contributed by atoms with E-state index < -0.39 is 0 Å². The summed E-state index contributed by atoms with van der Waals surface area (Å²) in [7, 11) is 3.61. The van der Waals surface area contributed by atoms with Crippen LogP contribution in [0, 0.1) is 17.8 Å². The Morgan fingerprint density at radius 3 is 2.46 bits per heavy atom. The largest absolute Gasteiger partial charge is 0.381 e. The smallest absolute Gasteiger partial charge is 0.228 e. The number of methoxy groups -OCH3 is 2. The summed E-state index contributed by atoms with van der Waals surface area (Å²) < 4.78 is 11.1. The van der Waals surface area contributed by atoms with E-state index in [1.165, 1.54) is 5.57 Å².